The van der Waals surface area contributed by atoms with Crippen molar-refractivity contribution < 1.29 is 9.90 Å². The van der Waals surface area contributed by atoms with E-state index in [4.69, 9.17) is 5.73 Å². The minimum atomic E-state index is -0.646. The number of nitrogens with two attached hydrogens (primary N) is 1. The number of aromatic hydroxyl groups is 1. The molecule has 1 aromatic heterocycles. The molecule has 0 saturated heterocycles. The molecule has 1 atom stereocenters. The van der Waals surface area contributed by atoms with Crippen molar-refractivity contribution in [3.05, 3.63) is 53.9 Å². The zero-order valence-electron chi connectivity index (χ0n) is 11.2. The zero-order chi connectivity index (χ0) is 14.5. The predicted molar refractivity (Wildman–Crippen MR) is 77.4 cm³/mol. The molecule has 5 heteroatoms. The lowest BCUT2D eigenvalue weighted by Crippen LogP contribution is -2.37. The summed E-state index contributed by atoms with van der Waals surface area (Å²) in [4.78, 5) is 16.0. The summed E-state index contributed by atoms with van der Waals surface area (Å²) in [6.07, 6.45) is 3.71. The van der Waals surface area contributed by atoms with Crippen LogP contribution in [0.5, 0.6) is 5.75 Å². The Balaban J connectivity index is 1.99. The largest absolute Gasteiger partial charge is 0.508 e. The van der Waals surface area contributed by atoms with E-state index in [-0.39, 0.29) is 11.7 Å². The van der Waals surface area contributed by atoms with E-state index in [2.05, 4.69) is 10.3 Å². The first-order valence-corrected chi connectivity index (χ1v) is 6.31. The van der Waals surface area contributed by atoms with E-state index in [1.54, 1.807) is 42.7 Å². The quantitative estimate of drug-likeness (QED) is 0.788. The Labute approximate surface area is 117 Å². The van der Waals surface area contributed by atoms with Gasteiger partial charge in [-0.2, -0.15) is 0 Å². The molecule has 0 aliphatic carbocycles. The van der Waals surface area contributed by atoms with Gasteiger partial charge < -0.3 is 16.2 Å². The van der Waals surface area contributed by atoms with Gasteiger partial charge in [-0.15, -0.1) is 0 Å². The van der Waals surface area contributed by atoms with Crippen LogP contribution in [0.2, 0.25) is 0 Å². The highest BCUT2D eigenvalue weighted by atomic mass is 16.3. The fourth-order valence-corrected chi connectivity index (χ4v) is 1.82. The highest BCUT2D eigenvalue weighted by molar-refractivity contribution is 5.95. The third-order valence-corrected chi connectivity index (χ3v) is 3.01. The Kier molecular flexibility index (Phi) is 4.32. The number of benzene rings is 1. The molecule has 1 aromatic carbocycles. The number of aromatic nitrogens is 1. The number of hydrogen-bond acceptors (Lipinski definition) is 4. The molecular formula is C15H17N3O2. The second-order valence-corrected chi connectivity index (χ2v) is 4.66. The number of rotatable bonds is 4. The summed E-state index contributed by atoms with van der Waals surface area (Å²) in [5.74, 6) is -0.0495. The summed E-state index contributed by atoms with van der Waals surface area (Å²) in [5, 5.41) is 12.0. The number of amides is 1. The van der Waals surface area contributed by atoms with Crippen LogP contribution in [0.15, 0.2) is 42.7 Å². The van der Waals surface area contributed by atoms with Crippen LogP contribution >= 0.6 is 0 Å². The van der Waals surface area contributed by atoms with E-state index in [0.717, 1.165) is 11.1 Å². The van der Waals surface area contributed by atoms with E-state index >= 15 is 0 Å². The zero-order valence-corrected chi connectivity index (χ0v) is 11.2. The first-order valence-electron chi connectivity index (χ1n) is 6.31. The van der Waals surface area contributed by atoms with Crippen molar-refractivity contribution in [3.63, 3.8) is 0 Å². The Morgan fingerprint density at radius 3 is 2.70 bits per heavy atom. The van der Waals surface area contributed by atoms with Crippen LogP contribution in [0.4, 0.5) is 5.69 Å². The predicted octanol–water partition coefficient (Wildman–Crippen LogP) is 1.60. The van der Waals surface area contributed by atoms with Crippen LogP contribution in [0, 0.1) is 6.92 Å². The van der Waals surface area contributed by atoms with Crippen LogP contribution in [0.3, 0.4) is 0 Å². The lowest BCUT2D eigenvalue weighted by molar-refractivity contribution is -0.117. The minimum Gasteiger partial charge on any atom is -0.508 e. The second kappa shape index (κ2) is 6.16. The number of pyridine rings is 1. The normalized spacial score (nSPS) is 11.9. The minimum absolute atomic E-state index is 0.194. The van der Waals surface area contributed by atoms with Crippen molar-refractivity contribution in [3.8, 4) is 5.75 Å². The number of phenolic OH excluding ortho intramolecular Hbond substituents is 1. The third kappa shape index (κ3) is 3.55. The van der Waals surface area contributed by atoms with Gasteiger partial charge in [0.15, 0.2) is 0 Å². The van der Waals surface area contributed by atoms with Gasteiger partial charge in [0.1, 0.15) is 5.75 Å². The van der Waals surface area contributed by atoms with Crippen LogP contribution in [-0.4, -0.2) is 22.0 Å². The summed E-state index contributed by atoms with van der Waals surface area (Å²) >= 11 is 0. The molecular weight excluding hydrogens is 254 g/mol. The van der Waals surface area contributed by atoms with Gasteiger partial charge in [-0.3, -0.25) is 9.78 Å². The van der Waals surface area contributed by atoms with E-state index in [9.17, 15) is 9.90 Å². The molecule has 1 amide bonds. The number of carbonyl (C=O) groups excluding carboxylic acids is 1. The smallest absolute Gasteiger partial charge is 0.241 e. The van der Waals surface area contributed by atoms with Crippen molar-refractivity contribution in [2.24, 2.45) is 5.73 Å². The summed E-state index contributed by atoms with van der Waals surface area (Å²) in [6, 6.07) is 7.74. The van der Waals surface area contributed by atoms with Crippen molar-refractivity contribution in [1.29, 1.82) is 0 Å². The van der Waals surface area contributed by atoms with Crippen LogP contribution < -0.4 is 11.1 Å². The van der Waals surface area contributed by atoms with Crippen molar-refractivity contribution >= 4 is 11.6 Å². The maximum Gasteiger partial charge on any atom is 0.241 e. The molecule has 0 unspecified atom stereocenters. The van der Waals surface area contributed by atoms with E-state index in [1.165, 1.54) is 0 Å². The first kappa shape index (κ1) is 14.0. The maximum atomic E-state index is 12.0. The van der Waals surface area contributed by atoms with Gasteiger partial charge in [0.25, 0.3) is 0 Å². The van der Waals surface area contributed by atoms with Gasteiger partial charge in [0.2, 0.25) is 5.91 Å². The average molecular weight is 271 g/mol. The molecule has 0 aliphatic rings. The molecule has 0 fully saturated rings. The SMILES string of the molecule is Cc1cnccc1NC(=O)[C@H](N)Cc1ccc(O)cc1. The number of nitrogens with one attached hydrogen (secondary N) is 1. The summed E-state index contributed by atoms with van der Waals surface area (Å²) in [6.45, 7) is 1.87. The Morgan fingerprint density at radius 1 is 1.35 bits per heavy atom. The second-order valence-electron chi connectivity index (χ2n) is 4.66. The van der Waals surface area contributed by atoms with Gasteiger partial charge in [-0.05, 0) is 42.7 Å². The fourth-order valence-electron chi connectivity index (χ4n) is 1.82. The summed E-state index contributed by atoms with van der Waals surface area (Å²) < 4.78 is 0. The van der Waals surface area contributed by atoms with Crippen LogP contribution in [-0.2, 0) is 11.2 Å². The summed E-state index contributed by atoms with van der Waals surface area (Å²) in [5.41, 5.74) is 8.40. The van der Waals surface area contributed by atoms with E-state index < -0.39 is 6.04 Å². The summed E-state index contributed by atoms with van der Waals surface area (Å²) in [7, 11) is 0. The van der Waals surface area contributed by atoms with Gasteiger partial charge in [-0.25, -0.2) is 0 Å². The number of nitrogens with zero attached hydrogens (tertiary/aromatic N) is 1. The van der Waals surface area contributed by atoms with E-state index in [1.807, 2.05) is 6.92 Å². The average Bonchev–Trinajstić information content (AvgIpc) is 2.44. The van der Waals surface area contributed by atoms with Crippen LogP contribution in [0.25, 0.3) is 0 Å². The Bertz CT molecular complexity index is 596. The monoisotopic (exact) mass is 271 g/mol. The number of anilines is 1. The molecule has 104 valence electrons. The Hall–Kier alpha value is -2.40. The van der Waals surface area contributed by atoms with E-state index in [0.29, 0.717) is 12.1 Å². The number of hydrogen-bond donors (Lipinski definition) is 3. The lowest BCUT2D eigenvalue weighted by atomic mass is 10.1. The van der Waals surface area contributed by atoms with Crippen molar-refractivity contribution in [2.45, 2.75) is 19.4 Å². The lowest BCUT2D eigenvalue weighted by Gasteiger charge is -2.13. The van der Waals surface area contributed by atoms with Crippen LogP contribution in [0.1, 0.15) is 11.1 Å². The molecule has 2 aromatic rings. The van der Waals surface area contributed by atoms with Gasteiger partial charge in [0, 0.05) is 18.1 Å². The molecule has 2 rings (SSSR count). The molecule has 5 nitrogen and oxygen atoms in total. The molecule has 0 aliphatic heterocycles. The number of aryl methyl sites for hydroxylation is 1. The highest BCUT2D eigenvalue weighted by Gasteiger charge is 2.15. The molecule has 0 radical (unpaired) electrons. The molecule has 20 heavy (non-hydrogen) atoms. The molecule has 0 saturated carbocycles. The molecule has 4 N–H and O–H groups in total. The van der Waals surface area contributed by atoms with Gasteiger partial charge in [-0.1, -0.05) is 12.1 Å². The molecule has 0 spiro atoms. The Morgan fingerprint density at radius 2 is 2.05 bits per heavy atom. The molecule has 1 heterocycles. The molecule has 0 bridgehead atoms. The van der Waals surface area contributed by atoms with Crippen molar-refractivity contribution in [1.82, 2.24) is 4.98 Å². The van der Waals surface area contributed by atoms with Gasteiger partial charge in [0.05, 0.1) is 6.04 Å². The third-order valence-electron chi connectivity index (χ3n) is 3.01. The topological polar surface area (TPSA) is 88.2 Å². The van der Waals surface area contributed by atoms with Gasteiger partial charge >= 0.3 is 0 Å². The van der Waals surface area contributed by atoms with Crippen molar-refractivity contribution in [2.75, 3.05) is 5.32 Å². The number of phenols is 1. The number of carbonyl (C=O) groups is 1. The standard InChI is InChI=1S/C15H17N3O2/c1-10-9-17-7-6-14(10)18-15(20)13(16)8-11-2-4-12(19)5-3-11/h2-7,9,13,19H,8,16H2,1H3,(H,17,18,20)/t13-/m1/s1. The fraction of sp³-hybridized carbons (Fsp3) is 0.200. The highest BCUT2D eigenvalue weighted by Crippen LogP contribution is 2.14. The first-order chi connectivity index (χ1) is 9.56. The maximum absolute atomic E-state index is 12.0.